The van der Waals surface area contributed by atoms with Crippen LogP contribution in [0.5, 0.6) is 0 Å². The van der Waals surface area contributed by atoms with E-state index in [1.165, 1.54) is 0 Å². The van der Waals surface area contributed by atoms with Gasteiger partial charge >= 0.3 is 5.97 Å². The molecule has 7 nitrogen and oxygen atoms in total. The summed E-state index contributed by atoms with van der Waals surface area (Å²) in [4.78, 5) is 23.6. The van der Waals surface area contributed by atoms with Crippen molar-refractivity contribution in [2.75, 3.05) is 5.32 Å². The number of hydrogen-bond donors (Lipinski definition) is 1. The number of nitrogens with zero attached hydrogens (tertiary/aromatic N) is 2. The molecule has 1 amide bonds. The Bertz CT molecular complexity index is 966. The zero-order valence-corrected chi connectivity index (χ0v) is 13.8. The quantitative estimate of drug-likeness (QED) is 0.728. The third-order valence-electron chi connectivity index (χ3n) is 4.05. The second-order valence-corrected chi connectivity index (χ2v) is 5.86. The SMILES string of the molecule is O=C1CCc2cc(C(=O)OCc3nnc(-c4ccccc4)o3)ccc2N1. The number of rotatable bonds is 4. The van der Waals surface area contributed by atoms with E-state index in [4.69, 9.17) is 9.15 Å². The number of carbonyl (C=O) groups is 2. The third-order valence-corrected chi connectivity index (χ3v) is 4.05. The van der Waals surface area contributed by atoms with E-state index in [9.17, 15) is 9.59 Å². The largest absolute Gasteiger partial charge is 0.452 e. The van der Waals surface area contributed by atoms with Crippen LogP contribution in [0, 0.1) is 0 Å². The second kappa shape index (κ2) is 6.79. The van der Waals surface area contributed by atoms with Crippen LogP contribution < -0.4 is 5.32 Å². The summed E-state index contributed by atoms with van der Waals surface area (Å²) < 4.78 is 10.8. The van der Waals surface area contributed by atoms with E-state index in [1.54, 1.807) is 18.2 Å². The highest BCUT2D eigenvalue weighted by Gasteiger charge is 2.18. The normalized spacial score (nSPS) is 13.0. The molecule has 130 valence electrons. The molecule has 0 saturated heterocycles. The highest BCUT2D eigenvalue weighted by Crippen LogP contribution is 2.24. The first-order valence-electron chi connectivity index (χ1n) is 8.17. The molecule has 0 fully saturated rings. The van der Waals surface area contributed by atoms with Gasteiger partial charge < -0.3 is 14.5 Å². The smallest absolute Gasteiger partial charge is 0.338 e. The second-order valence-electron chi connectivity index (χ2n) is 5.86. The van der Waals surface area contributed by atoms with Gasteiger partial charge in [0.25, 0.3) is 5.89 Å². The van der Waals surface area contributed by atoms with Crippen molar-refractivity contribution >= 4 is 17.6 Å². The molecule has 0 saturated carbocycles. The molecule has 0 bridgehead atoms. The number of anilines is 1. The summed E-state index contributed by atoms with van der Waals surface area (Å²) in [5.41, 5.74) is 2.88. The van der Waals surface area contributed by atoms with Crippen LogP contribution in [-0.4, -0.2) is 22.1 Å². The van der Waals surface area contributed by atoms with Gasteiger partial charge in [0.05, 0.1) is 5.56 Å². The summed E-state index contributed by atoms with van der Waals surface area (Å²) in [6.45, 7) is -0.105. The first-order valence-corrected chi connectivity index (χ1v) is 8.17. The molecule has 4 rings (SSSR count). The molecule has 0 atom stereocenters. The molecule has 1 aromatic heterocycles. The Morgan fingerprint density at radius 3 is 2.81 bits per heavy atom. The van der Waals surface area contributed by atoms with Crippen LogP contribution in [0.2, 0.25) is 0 Å². The van der Waals surface area contributed by atoms with Crippen LogP contribution in [0.25, 0.3) is 11.5 Å². The third kappa shape index (κ3) is 3.32. The van der Waals surface area contributed by atoms with E-state index in [-0.39, 0.29) is 18.4 Å². The number of ether oxygens (including phenoxy) is 1. The van der Waals surface area contributed by atoms with Crippen LogP contribution in [0.1, 0.15) is 28.2 Å². The number of fused-ring (bicyclic) bond motifs is 1. The Hall–Kier alpha value is -3.48. The molecule has 0 spiro atoms. The van der Waals surface area contributed by atoms with Crippen LogP contribution in [-0.2, 0) is 22.6 Å². The van der Waals surface area contributed by atoms with Crippen molar-refractivity contribution in [1.29, 1.82) is 0 Å². The summed E-state index contributed by atoms with van der Waals surface area (Å²) in [7, 11) is 0. The van der Waals surface area contributed by atoms with Gasteiger partial charge in [0.15, 0.2) is 6.61 Å². The van der Waals surface area contributed by atoms with Crippen molar-refractivity contribution in [3.63, 3.8) is 0 Å². The van der Waals surface area contributed by atoms with Crippen molar-refractivity contribution in [1.82, 2.24) is 10.2 Å². The summed E-state index contributed by atoms with van der Waals surface area (Å²) in [6.07, 6.45) is 1.02. The average Bonchev–Trinajstić information content (AvgIpc) is 3.15. The van der Waals surface area contributed by atoms with Gasteiger partial charge in [-0.1, -0.05) is 18.2 Å². The Morgan fingerprint density at radius 1 is 1.12 bits per heavy atom. The number of nitrogens with one attached hydrogen (secondary N) is 1. The lowest BCUT2D eigenvalue weighted by Gasteiger charge is -2.17. The molecular formula is C19H15N3O4. The van der Waals surface area contributed by atoms with E-state index in [0.717, 1.165) is 16.8 Å². The highest BCUT2D eigenvalue weighted by molar-refractivity contribution is 5.96. The predicted molar refractivity (Wildman–Crippen MR) is 92.2 cm³/mol. The predicted octanol–water partition coefficient (Wildman–Crippen LogP) is 2.98. The molecule has 26 heavy (non-hydrogen) atoms. The Balaban J connectivity index is 1.42. The van der Waals surface area contributed by atoms with Gasteiger partial charge in [-0.2, -0.15) is 0 Å². The van der Waals surface area contributed by atoms with Crippen LogP contribution in [0.4, 0.5) is 5.69 Å². The molecular weight excluding hydrogens is 334 g/mol. The first kappa shape index (κ1) is 16.0. The summed E-state index contributed by atoms with van der Waals surface area (Å²) >= 11 is 0. The van der Waals surface area contributed by atoms with Gasteiger partial charge in [-0.3, -0.25) is 4.79 Å². The van der Waals surface area contributed by atoms with Crippen LogP contribution in [0.15, 0.2) is 52.9 Å². The van der Waals surface area contributed by atoms with Gasteiger partial charge in [0.2, 0.25) is 11.8 Å². The van der Waals surface area contributed by atoms with Crippen molar-refractivity contribution in [3.8, 4) is 11.5 Å². The maximum Gasteiger partial charge on any atom is 0.338 e. The van der Waals surface area contributed by atoms with Crippen LogP contribution in [0.3, 0.4) is 0 Å². The number of aryl methyl sites for hydroxylation is 1. The topological polar surface area (TPSA) is 94.3 Å². The lowest BCUT2D eigenvalue weighted by Crippen LogP contribution is -2.19. The average molecular weight is 349 g/mol. The molecule has 1 aliphatic rings. The molecule has 0 unspecified atom stereocenters. The summed E-state index contributed by atoms with van der Waals surface area (Å²) in [5, 5.41) is 10.6. The molecule has 0 aliphatic carbocycles. The molecule has 2 aromatic carbocycles. The van der Waals surface area contributed by atoms with Crippen molar-refractivity contribution in [2.24, 2.45) is 0 Å². The summed E-state index contributed by atoms with van der Waals surface area (Å²) in [5.74, 6) is 0.103. The Labute approximate surface area is 149 Å². The minimum absolute atomic E-state index is 0.0153. The van der Waals surface area contributed by atoms with Crippen molar-refractivity contribution in [2.45, 2.75) is 19.4 Å². The maximum atomic E-state index is 12.2. The Morgan fingerprint density at radius 2 is 1.96 bits per heavy atom. The van der Waals surface area contributed by atoms with E-state index >= 15 is 0 Å². The fourth-order valence-electron chi connectivity index (χ4n) is 2.73. The van der Waals surface area contributed by atoms with E-state index in [1.807, 2.05) is 30.3 Å². The van der Waals surface area contributed by atoms with Gasteiger partial charge in [0, 0.05) is 17.7 Å². The highest BCUT2D eigenvalue weighted by atomic mass is 16.5. The zero-order valence-electron chi connectivity index (χ0n) is 13.8. The number of amides is 1. The molecule has 2 heterocycles. The van der Waals surface area contributed by atoms with E-state index in [0.29, 0.717) is 24.3 Å². The molecule has 3 aromatic rings. The molecule has 0 radical (unpaired) electrons. The molecule has 1 aliphatic heterocycles. The zero-order chi connectivity index (χ0) is 17.9. The van der Waals surface area contributed by atoms with Gasteiger partial charge in [0.1, 0.15) is 0 Å². The lowest BCUT2D eigenvalue weighted by atomic mass is 10.0. The minimum Gasteiger partial charge on any atom is -0.452 e. The van der Waals surface area contributed by atoms with Crippen molar-refractivity contribution < 1.29 is 18.7 Å². The first-order chi connectivity index (χ1) is 12.7. The molecule has 1 N–H and O–H groups in total. The van der Waals surface area contributed by atoms with Crippen LogP contribution >= 0.6 is 0 Å². The minimum atomic E-state index is -0.482. The lowest BCUT2D eigenvalue weighted by molar-refractivity contribution is -0.116. The number of carbonyl (C=O) groups excluding carboxylic acids is 2. The number of aromatic nitrogens is 2. The standard InChI is InChI=1S/C19H15N3O4/c23-16-9-7-13-10-14(6-8-15(13)20-16)19(24)25-11-17-21-22-18(26-17)12-4-2-1-3-5-12/h1-6,8,10H,7,9,11H2,(H,20,23). The van der Waals surface area contributed by atoms with Gasteiger partial charge in [-0.15, -0.1) is 10.2 Å². The summed E-state index contributed by atoms with van der Waals surface area (Å²) in [6, 6.07) is 14.4. The van der Waals surface area contributed by atoms with Gasteiger partial charge in [-0.05, 0) is 42.3 Å². The maximum absolute atomic E-state index is 12.2. The van der Waals surface area contributed by atoms with Crippen molar-refractivity contribution in [3.05, 3.63) is 65.5 Å². The fourth-order valence-corrected chi connectivity index (χ4v) is 2.73. The van der Waals surface area contributed by atoms with Gasteiger partial charge in [-0.25, -0.2) is 4.79 Å². The number of esters is 1. The number of benzene rings is 2. The van der Waals surface area contributed by atoms with E-state index < -0.39 is 5.97 Å². The monoisotopic (exact) mass is 349 g/mol. The molecule has 7 heteroatoms. The number of hydrogen-bond acceptors (Lipinski definition) is 6. The van der Waals surface area contributed by atoms with E-state index in [2.05, 4.69) is 15.5 Å². The Kier molecular flexibility index (Phi) is 4.18. The fraction of sp³-hybridized carbons (Fsp3) is 0.158.